The van der Waals surface area contributed by atoms with Gasteiger partial charge >= 0.3 is 0 Å². The van der Waals surface area contributed by atoms with Gasteiger partial charge in [-0.3, -0.25) is 9.69 Å². The van der Waals surface area contributed by atoms with E-state index in [9.17, 15) is 4.79 Å². The standard InChI is InChI=1S/C22H34N4O2/c1-9-26(15(2)3)14-16-10-12-17(13-11-16)18(27)24-22(7,8)19-23-20(28-25-19)21(4,5)6/h10-13,15H,9,14H2,1-8H3,(H,24,27). The van der Waals surface area contributed by atoms with Crippen LogP contribution in [0.1, 0.15) is 83.0 Å². The lowest BCUT2D eigenvalue weighted by Gasteiger charge is -2.25. The van der Waals surface area contributed by atoms with Gasteiger partial charge in [0.05, 0.1) is 5.54 Å². The first kappa shape index (κ1) is 22.1. The Morgan fingerprint density at radius 2 is 1.75 bits per heavy atom. The summed E-state index contributed by atoms with van der Waals surface area (Å²) in [7, 11) is 0. The zero-order valence-corrected chi connectivity index (χ0v) is 18.5. The summed E-state index contributed by atoms with van der Waals surface area (Å²) in [5, 5.41) is 7.08. The van der Waals surface area contributed by atoms with E-state index in [0.717, 1.165) is 13.1 Å². The van der Waals surface area contributed by atoms with Crippen molar-refractivity contribution >= 4 is 5.91 Å². The average Bonchev–Trinajstić information content (AvgIpc) is 3.11. The molecule has 0 saturated carbocycles. The number of aromatic nitrogens is 2. The molecule has 2 rings (SSSR count). The maximum atomic E-state index is 12.7. The summed E-state index contributed by atoms with van der Waals surface area (Å²) in [4.78, 5) is 19.6. The van der Waals surface area contributed by atoms with Crippen molar-refractivity contribution in [1.29, 1.82) is 0 Å². The molecular formula is C22H34N4O2. The fourth-order valence-electron chi connectivity index (χ4n) is 2.85. The topological polar surface area (TPSA) is 71.3 Å². The molecular weight excluding hydrogens is 352 g/mol. The predicted octanol–water partition coefficient (Wildman–Crippen LogP) is 4.26. The van der Waals surface area contributed by atoms with Gasteiger partial charge in [-0.2, -0.15) is 4.98 Å². The Morgan fingerprint density at radius 3 is 2.21 bits per heavy atom. The van der Waals surface area contributed by atoms with E-state index in [-0.39, 0.29) is 11.3 Å². The van der Waals surface area contributed by atoms with Crippen LogP contribution in [0, 0.1) is 0 Å². The summed E-state index contributed by atoms with van der Waals surface area (Å²) < 4.78 is 5.37. The van der Waals surface area contributed by atoms with Crippen LogP contribution in [0.2, 0.25) is 0 Å². The van der Waals surface area contributed by atoms with E-state index in [1.54, 1.807) is 0 Å². The van der Waals surface area contributed by atoms with Crippen molar-refractivity contribution in [3.63, 3.8) is 0 Å². The predicted molar refractivity (Wildman–Crippen MR) is 111 cm³/mol. The molecule has 1 aromatic heterocycles. The fourth-order valence-corrected chi connectivity index (χ4v) is 2.85. The first-order valence-electron chi connectivity index (χ1n) is 9.94. The third kappa shape index (κ3) is 5.41. The molecule has 28 heavy (non-hydrogen) atoms. The Morgan fingerprint density at radius 1 is 1.14 bits per heavy atom. The fraction of sp³-hybridized carbons (Fsp3) is 0.591. The molecule has 2 aromatic rings. The molecule has 0 unspecified atom stereocenters. The molecule has 0 radical (unpaired) electrons. The lowest BCUT2D eigenvalue weighted by atomic mass is 9.96. The van der Waals surface area contributed by atoms with Gasteiger partial charge in [0, 0.05) is 23.6 Å². The molecule has 1 heterocycles. The number of nitrogens with zero attached hydrogens (tertiary/aromatic N) is 3. The highest BCUT2D eigenvalue weighted by Gasteiger charge is 2.31. The third-order valence-electron chi connectivity index (χ3n) is 4.79. The van der Waals surface area contributed by atoms with E-state index < -0.39 is 5.54 Å². The summed E-state index contributed by atoms with van der Waals surface area (Å²) in [6.45, 7) is 18.2. The summed E-state index contributed by atoms with van der Waals surface area (Å²) in [5.74, 6) is 0.868. The molecule has 0 aliphatic rings. The van der Waals surface area contributed by atoms with E-state index in [2.05, 4.69) is 41.1 Å². The molecule has 0 bridgehead atoms. The molecule has 0 aliphatic heterocycles. The lowest BCUT2D eigenvalue weighted by Crippen LogP contribution is -2.42. The molecule has 0 atom stereocenters. The molecule has 0 spiro atoms. The van der Waals surface area contributed by atoms with Gasteiger partial charge in [0.15, 0.2) is 5.82 Å². The number of amides is 1. The Balaban J connectivity index is 2.08. The third-order valence-corrected chi connectivity index (χ3v) is 4.79. The van der Waals surface area contributed by atoms with Crippen LogP contribution in [0.15, 0.2) is 28.8 Å². The minimum Gasteiger partial charge on any atom is -0.340 e. The summed E-state index contributed by atoms with van der Waals surface area (Å²) >= 11 is 0. The quantitative estimate of drug-likeness (QED) is 0.770. The molecule has 154 valence electrons. The molecule has 1 N–H and O–H groups in total. The highest BCUT2D eigenvalue weighted by molar-refractivity contribution is 5.94. The highest BCUT2D eigenvalue weighted by atomic mass is 16.5. The van der Waals surface area contributed by atoms with Crippen molar-refractivity contribution in [1.82, 2.24) is 20.4 Å². The molecule has 0 aliphatic carbocycles. The first-order valence-corrected chi connectivity index (χ1v) is 9.94. The van der Waals surface area contributed by atoms with Crippen LogP contribution in [-0.2, 0) is 17.5 Å². The van der Waals surface area contributed by atoms with Crippen LogP contribution < -0.4 is 5.32 Å². The van der Waals surface area contributed by atoms with Crippen molar-refractivity contribution in [3.8, 4) is 0 Å². The largest absolute Gasteiger partial charge is 0.340 e. The monoisotopic (exact) mass is 386 g/mol. The van der Waals surface area contributed by atoms with E-state index >= 15 is 0 Å². The normalized spacial score (nSPS) is 12.6. The number of carbonyl (C=O) groups is 1. The van der Waals surface area contributed by atoms with Gasteiger partial charge in [-0.25, -0.2) is 0 Å². The molecule has 1 aromatic carbocycles. The number of rotatable bonds is 7. The van der Waals surface area contributed by atoms with Crippen molar-refractivity contribution in [2.45, 2.75) is 78.9 Å². The van der Waals surface area contributed by atoms with Crippen molar-refractivity contribution in [2.75, 3.05) is 6.54 Å². The Hall–Kier alpha value is -2.21. The van der Waals surface area contributed by atoms with Crippen LogP contribution in [0.4, 0.5) is 0 Å². The Bertz CT molecular complexity index is 786. The maximum absolute atomic E-state index is 12.7. The summed E-state index contributed by atoms with van der Waals surface area (Å²) in [6.07, 6.45) is 0. The van der Waals surface area contributed by atoms with Gasteiger partial charge in [-0.15, -0.1) is 0 Å². The second-order valence-corrected chi connectivity index (χ2v) is 9.11. The van der Waals surface area contributed by atoms with Crippen LogP contribution in [0.5, 0.6) is 0 Å². The van der Waals surface area contributed by atoms with Crippen molar-refractivity contribution < 1.29 is 9.32 Å². The highest BCUT2D eigenvalue weighted by Crippen LogP contribution is 2.24. The van der Waals surface area contributed by atoms with Crippen LogP contribution in [-0.4, -0.2) is 33.5 Å². The molecule has 6 nitrogen and oxygen atoms in total. The van der Waals surface area contributed by atoms with E-state index in [0.29, 0.717) is 23.3 Å². The van der Waals surface area contributed by atoms with Crippen LogP contribution >= 0.6 is 0 Å². The Labute approximate surface area is 168 Å². The maximum Gasteiger partial charge on any atom is 0.252 e. The zero-order valence-electron chi connectivity index (χ0n) is 18.5. The van der Waals surface area contributed by atoms with E-state index in [1.807, 2.05) is 58.9 Å². The second kappa shape index (κ2) is 8.43. The minimum absolute atomic E-state index is 0.158. The molecule has 6 heteroatoms. The molecule has 1 amide bonds. The summed E-state index contributed by atoms with van der Waals surface area (Å²) in [6, 6.07) is 8.25. The average molecular weight is 387 g/mol. The van der Waals surface area contributed by atoms with Gasteiger partial charge in [-0.1, -0.05) is 45.0 Å². The van der Waals surface area contributed by atoms with E-state index in [1.165, 1.54) is 5.56 Å². The second-order valence-electron chi connectivity index (χ2n) is 9.11. The number of hydrogen-bond acceptors (Lipinski definition) is 5. The number of benzene rings is 1. The SMILES string of the molecule is CCN(Cc1ccc(C(=O)NC(C)(C)c2noc(C(C)(C)C)n2)cc1)C(C)C. The van der Waals surface area contributed by atoms with Crippen molar-refractivity contribution in [3.05, 3.63) is 47.1 Å². The molecule has 0 fully saturated rings. The summed E-state index contributed by atoms with van der Waals surface area (Å²) in [5.41, 5.74) is 0.839. The minimum atomic E-state index is -0.737. The Kier molecular flexibility index (Phi) is 6.65. The van der Waals surface area contributed by atoms with Gasteiger partial charge in [-0.05, 0) is 51.9 Å². The van der Waals surface area contributed by atoms with Crippen molar-refractivity contribution in [2.24, 2.45) is 0 Å². The number of hydrogen-bond donors (Lipinski definition) is 1. The lowest BCUT2D eigenvalue weighted by molar-refractivity contribution is 0.0907. The van der Waals surface area contributed by atoms with Gasteiger partial charge < -0.3 is 9.84 Å². The number of nitrogens with one attached hydrogen (secondary N) is 1. The van der Waals surface area contributed by atoms with Gasteiger partial charge in [0.2, 0.25) is 5.89 Å². The van der Waals surface area contributed by atoms with E-state index in [4.69, 9.17) is 4.52 Å². The van der Waals surface area contributed by atoms with Crippen LogP contribution in [0.3, 0.4) is 0 Å². The number of carbonyl (C=O) groups excluding carboxylic acids is 1. The zero-order chi connectivity index (χ0) is 21.1. The van der Waals surface area contributed by atoms with Crippen LogP contribution in [0.25, 0.3) is 0 Å². The van der Waals surface area contributed by atoms with Gasteiger partial charge in [0.1, 0.15) is 0 Å². The molecule has 0 saturated heterocycles. The smallest absolute Gasteiger partial charge is 0.252 e. The first-order chi connectivity index (χ1) is 12.9. The van der Waals surface area contributed by atoms with Gasteiger partial charge in [0.25, 0.3) is 5.91 Å².